The number of nitrogens with two attached hydrogens (primary N) is 2. The minimum Gasteiger partial charge on any atom is -0.381 e. The van der Waals surface area contributed by atoms with Crippen LogP contribution in [-0.4, -0.2) is 52.4 Å². The molecule has 4 heterocycles. The minimum atomic E-state index is -0.920. The maximum Gasteiger partial charge on any atom is 0.198 e. The van der Waals surface area contributed by atoms with E-state index in [9.17, 15) is 0 Å². The highest BCUT2D eigenvalue weighted by Gasteiger charge is 2.32. The van der Waals surface area contributed by atoms with Gasteiger partial charge in [-0.1, -0.05) is 19.9 Å². The Morgan fingerprint density at radius 2 is 1.97 bits per heavy atom. The topological polar surface area (TPSA) is 122 Å². The summed E-state index contributed by atoms with van der Waals surface area (Å²) in [6.07, 6.45) is 6.12. The molecule has 0 aliphatic carbocycles. The molecule has 6 N–H and O–H groups in total. The van der Waals surface area contributed by atoms with Crippen LogP contribution in [-0.2, 0) is 6.42 Å². The normalized spacial score (nSPS) is 21.4. The van der Waals surface area contributed by atoms with Gasteiger partial charge in [0.15, 0.2) is 17.4 Å². The molecular formula is C21H33N9. The van der Waals surface area contributed by atoms with Crippen LogP contribution in [0.25, 0.3) is 0 Å². The largest absolute Gasteiger partial charge is 0.381 e. The van der Waals surface area contributed by atoms with Gasteiger partial charge in [-0.05, 0) is 30.4 Å². The Morgan fingerprint density at radius 1 is 1.20 bits per heavy atom. The van der Waals surface area contributed by atoms with E-state index in [2.05, 4.69) is 52.5 Å². The van der Waals surface area contributed by atoms with Crippen LogP contribution in [0.3, 0.4) is 0 Å². The van der Waals surface area contributed by atoms with Gasteiger partial charge in [0.25, 0.3) is 0 Å². The van der Waals surface area contributed by atoms with E-state index in [1.54, 1.807) is 0 Å². The fourth-order valence-corrected chi connectivity index (χ4v) is 4.06. The Hall–Kier alpha value is -2.65. The van der Waals surface area contributed by atoms with Crippen molar-refractivity contribution in [2.45, 2.75) is 45.8 Å². The van der Waals surface area contributed by atoms with E-state index in [0.29, 0.717) is 30.4 Å². The third-order valence-corrected chi connectivity index (χ3v) is 5.70. The molecule has 2 aliphatic heterocycles. The SMILES string of the molecule is Cc1cc(Cc2cnc3n2NC(N)(CCC(C)C)N=C3N)cnc1N1CCNCC1. The number of aromatic nitrogens is 3. The van der Waals surface area contributed by atoms with E-state index in [1.165, 1.54) is 5.56 Å². The maximum absolute atomic E-state index is 6.51. The van der Waals surface area contributed by atoms with Crippen molar-refractivity contribution in [3.8, 4) is 0 Å². The van der Waals surface area contributed by atoms with Crippen LogP contribution in [0.5, 0.6) is 0 Å². The molecular weight excluding hydrogens is 378 g/mol. The number of amidine groups is 1. The zero-order valence-electron chi connectivity index (χ0n) is 18.1. The average molecular weight is 412 g/mol. The summed E-state index contributed by atoms with van der Waals surface area (Å²) >= 11 is 0. The van der Waals surface area contributed by atoms with Gasteiger partial charge in [-0.15, -0.1) is 0 Å². The van der Waals surface area contributed by atoms with Crippen molar-refractivity contribution in [2.75, 3.05) is 36.5 Å². The van der Waals surface area contributed by atoms with Crippen molar-refractivity contribution in [1.29, 1.82) is 0 Å². The molecule has 0 aromatic carbocycles. The summed E-state index contributed by atoms with van der Waals surface area (Å²) in [5, 5.41) is 3.38. The number of hydrogen-bond acceptors (Lipinski definition) is 8. The molecule has 9 nitrogen and oxygen atoms in total. The molecule has 1 fully saturated rings. The molecule has 0 bridgehead atoms. The number of nitrogens with zero attached hydrogens (tertiary/aromatic N) is 5. The highest BCUT2D eigenvalue weighted by molar-refractivity contribution is 5.95. The number of pyridine rings is 1. The first kappa shape index (κ1) is 20.6. The van der Waals surface area contributed by atoms with E-state index in [4.69, 9.17) is 16.5 Å². The first-order chi connectivity index (χ1) is 14.3. The molecule has 1 unspecified atom stereocenters. The zero-order chi connectivity index (χ0) is 21.3. The minimum absolute atomic E-state index is 0.370. The molecule has 162 valence electrons. The fraction of sp³-hybridized carbons (Fsp3) is 0.571. The number of aryl methyl sites for hydroxylation is 1. The molecule has 30 heavy (non-hydrogen) atoms. The van der Waals surface area contributed by atoms with Crippen molar-refractivity contribution in [1.82, 2.24) is 20.0 Å². The van der Waals surface area contributed by atoms with Crippen LogP contribution in [0, 0.1) is 12.8 Å². The zero-order valence-corrected chi connectivity index (χ0v) is 18.1. The molecule has 2 aromatic rings. The second kappa shape index (κ2) is 8.23. The van der Waals surface area contributed by atoms with Crippen LogP contribution in [0.2, 0.25) is 0 Å². The van der Waals surface area contributed by atoms with E-state index in [0.717, 1.165) is 49.7 Å². The Bertz CT molecular complexity index is 927. The van der Waals surface area contributed by atoms with Crippen molar-refractivity contribution in [3.63, 3.8) is 0 Å². The molecule has 0 amide bonds. The van der Waals surface area contributed by atoms with Gasteiger partial charge in [-0.3, -0.25) is 11.2 Å². The Morgan fingerprint density at radius 3 is 2.67 bits per heavy atom. The lowest BCUT2D eigenvalue weighted by atomic mass is 10.0. The van der Waals surface area contributed by atoms with Gasteiger partial charge in [0, 0.05) is 45.2 Å². The summed E-state index contributed by atoms with van der Waals surface area (Å²) in [5.74, 6) is 1.67. The maximum atomic E-state index is 6.51. The fourth-order valence-electron chi connectivity index (χ4n) is 4.06. The molecule has 2 aromatic heterocycles. The standard InChI is InChI=1S/C21H33N9/c1-14(2)4-5-21(23)27-18(22)20-26-13-17(30(20)28-21)11-16-10-15(3)19(25-12-16)29-8-6-24-7-9-29/h10,12-14,24,28H,4-9,11,23H2,1-3H3,(H2,22,27). The first-order valence-corrected chi connectivity index (χ1v) is 10.8. The molecule has 4 rings (SSSR count). The number of aliphatic imine (C=N–C) groups is 1. The first-order valence-electron chi connectivity index (χ1n) is 10.8. The van der Waals surface area contributed by atoms with Crippen LogP contribution >= 0.6 is 0 Å². The number of nitrogens with one attached hydrogen (secondary N) is 2. The highest BCUT2D eigenvalue weighted by Crippen LogP contribution is 2.23. The average Bonchev–Trinajstić information content (AvgIpc) is 3.10. The van der Waals surface area contributed by atoms with Gasteiger partial charge in [0.2, 0.25) is 0 Å². The molecule has 2 aliphatic rings. The summed E-state index contributed by atoms with van der Waals surface area (Å²) in [6, 6.07) is 2.21. The summed E-state index contributed by atoms with van der Waals surface area (Å²) < 4.78 is 1.89. The molecule has 0 radical (unpaired) electrons. The summed E-state index contributed by atoms with van der Waals surface area (Å²) in [6.45, 7) is 10.4. The lowest BCUT2D eigenvalue weighted by Gasteiger charge is -2.33. The predicted molar refractivity (Wildman–Crippen MR) is 120 cm³/mol. The summed E-state index contributed by atoms with van der Waals surface area (Å²) in [7, 11) is 0. The van der Waals surface area contributed by atoms with Crippen molar-refractivity contribution >= 4 is 11.7 Å². The lowest BCUT2D eigenvalue weighted by molar-refractivity contribution is 0.371. The van der Waals surface area contributed by atoms with Crippen LogP contribution in [0.1, 0.15) is 49.3 Å². The van der Waals surface area contributed by atoms with E-state index in [1.807, 2.05) is 17.1 Å². The van der Waals surface area contributed by atoms with E-state index in [-0.39, 0.29) is 0 Å². The second-order valence-corrected chi connectivity index (χ2v) is 8.77. The summed E-state index contributed by atoms with van der Waals surface area (Å²) in [4.78, 5) is 16.0. The second-order valence-electron chi connectivity index (χ2n) is 8.77. The van der Waals surface area contributed by atoms with E-state index >= 15 is 0 Å². The van der Waals surface area contributed by atoms with Gasteiger partial charge >= 0.3 is 0 Å². The van der Waals surface area contributed by atoms with Crippen LogP contribution in [0.15, 0.2) is 23.5 Å². The number of rotatable bonds is 6. The van der Waals surface area contributed by atoms with Crippen molar-refractivity contribution in [3.05, 3.63) is 41.1 Å². The van der Waals surface area contributed by atoms with Crippen LogP contribution < -0.4 is 27.1 Å². The van der Waals surface area contributed by atoms with Gasteiger partial charge in [-0.25, -0.2) is 19.6 Å². The van der Waals surface area contributed by atoms with Gasteiger partial charge in [0.1, 0.15) is 5.82 Å². The highest BCUT2D eigenvalue weighted by atomic mass is 15.6. The van der Waals surface area contributed by atoms with Crippen LogP contribution in [0.4, 0.5) is 5.82 Å². The number of fused-ring (bicyclic) bond motifs is 1. The number of piperazine rings is 1. The number of anilines is 1. The van der Waals surface area contributed by atoms with Crippen molar-refractivity contribution < 1.29 is 0 Å². The molecule has 0 saturated carbocycles. The Balaban J connectivity index is 1.53. The van der Waals surface area contributed by atoms with Crippen molar-refractivity contribution in [2.24, 2.45) is 22.4 Å². The monoisotopic (exact) mass is 411 g/mol. The lowest BCUT2D eigenvalue weighted by Crippen LogP contribution is -2.55. The quantitative estimate of drug-likeness (QED) is 0.557. The predicted octanol–water partition coefficient (Wildman–Crippen LogP) is 0.898. The summed E-state index contributed by atoms with van der Waals surface area (Å²) in [5.41, 5.74) is 19.3. The number of hydrogen-bond donors (Lipinski definition) is 4. The molecule has 0 spiro atoms. The molecule has 1 atom stereocenters. The Labute approximate surface area is 177 Å². The third kappa shape index (κ3) is 4.27. The molecule has 1 saturated heterocycles. The van der Waals surface area contributed by atoms with Gasteiger partial charge in [0.05, 0.1) is 11.9 Å². The van der Waals surface area contributed by atoms with E-state index < -0.39 is 5.79 Å². The smallest absolute Gasteiger partial charge is 0.198 e. The molecule has 9 heteroatoms. The number of imidazole rings is 1. The third-order valence-electron chi connectivity index (χ3n) is 5.70. The van der Waals surface area contributed by atoms with Gasteiger partial charge in [-0.2, -0.15) is 0 Å². The van der Waals surface area contributed by atoms with Gasteiger partial charge < -0.3 is 16.0 Å². The Kier molecular flexibility index (Phi) is 5.66.